The van der Waals surface area contributed by atoms with Crippen LogP contribution in [-0.2, 0) is 62.6 Å². The van der Waals surface area contributed by atoms with Crippen LogP contribution in [0, 0.1) is 0 Å². The zero-order valence-corrected chi connectivity index (χ0v) is 56.6. The molecule has 1 saturated carbocycles. The van der Waals surface area contributed by atoms with E-state index in [-0.39, 0.29) is 12.2 Å². The number of carbonyl (C=O) groups excluding carboxylic acids is 2. The first-order valence-corrected chi connectivity index (χ1v) is 34.5. The Hall–Kier alpha value is -6.74. The highest BCUT2D eigenvalue weighted by atomic mass is 17.2. The summed E-state index contributed by atoms with van der Waals surface area (Å²) in [5, 5.41) is 0. The lowest BCUT2D eigenvalue weighted by Gasteiger charge is -2.27. The van der Waals surface area contributed by atoms with Crippen molar-refractivity contribution in [1.29, 1.82) is 0 Å². The van der Waals surface area contributed by atoms with Crippen molar-refractivity contribution in [3.05, 3.63) is 124 Å². The molecular formula is C75H114O19. The molecule has 3 rings (SSSR count). The number of unbranched alkanes of at least 4 members (excludes halogenated alkanes) is 18. The average molecular weight is 1320 g/mol. The number of benzene rings is 2. The van der Waals surface area contributed by atoms with Gasteiger partial charge in [0.2, 0.25) is 11.5 Å². The standard InChI is InChI=1S/C75H114O19/c1-7-49-87-90-61-34-22-19-29-56-82-69-46-38-64(72(83-57-30-17-14-26-53-79-11-5)75(69)86-60-33-21-24-36-63-92-89-51-9-3)39-47-70(76)93-66-41-43-67(44-42-66)94-71(77)48-40-65-37-45-68(81-55-28-16-13-25-52-78-10-4)74(85-59-32-18-15-27-54-80-12-6)73(65)84-58-31-20-23-35-62-91-88-50-8-2/h7-12,37-40,45-48,66-67H,1-6,13-36,41-44,49-63H2/b47-39+,48-40+. The van der Waals surface area contributed by atoms with Gasteiger partial charge in [0.1, 0.15) is 32.0 Å². The number of rotatable bonds is 66. The van der Waals surface area contributed by atoms with E-state index in [1.165, 1.54) is 30.9 Å². The van der Waals surface area contributed by atoms with Crippen molar-refractivity contribution in [2.24, 2.45) is 0 Å². The average Bonchev–Trinajstić information content (AvgIpc) is 0.838. The summed E-state index contributed by atoms with van der Waals surface area (Å²) < 4.78 is 66.9. The van der Waals surface area contributed by atoms with Crippen LogP contribution in [0.3, 0.4) is 0 Å². The van der Waals surface area contributed by atoms with E-state index in [1.807, 2.05) is 24.3 Å². The summed E-state index contributed by atoms with van der Waals surface area (Å²) in [5.74, 6) is 2.15. The highest BCUT2D eigenvalue weighted by Gasteiger charge is 2.26. The smallest absolute Gasteiger partial charge is 0.331 e. The predicted molar refractivity (Wildman–Crippen MR) is 368 cm³/mol. The summed E-state index contributed by atoms with van der Waals surface area (Å²) >= 11 is 0. The maximum Gasteiger partial charge on any atom is 0.331 e. The normalized spacial score (nSPS) is 13.6. The number of carbonyl (C=O) groups is 2. The molecule has 0 spiro atoms. The van der Waals surface area contributed by atoms with Gasteiger partial charge in [-0.15, -0.1) is 19.7 Å². The Morgan fingerprint density at radius 2 is 0.585 bits per heavy atom. The quantitative estimate of drug-likeness (QED) is 0.0115. The van der Waals surface area contributed by atoms with E-state index in [0.717, 1.165) is 154 Å². The second-order valence-corrected chi connectivity index (χ2v) is 22.4. The Morgan fingerprint density at radius 3 is 0.872 bits per heavy atom. The van der Waals surface area contributed by atoms with Crippen LogP contribution < -0.4 is 28.4 Å². The Bertz CT molecular complexity index is 2360. The molecule has 2 aromatic rings. The highest BCUT2D eigenvalue weighted by Crippen LogP contribution is 2.43. The maximum absolute atomic E-state index is 13.6. The molecule has 2 aromatic carbocycles. The fourth-order valence-corrected chi connectivity index (χ4v) is 9.72. The van der Waals surface area contributed by atoms with Gasteiger partial charge in [-0.1, -0.05) is 57.2 Å². The van der Waals surface area contributed by atoms with Crippen LogP contribution >= 0.6 is 0 Å². The van der Waals surface area contributed by atoms with Crippen LogP contribution in [0.25, 0.3) is 12.2 Å². The summed E-state index contributed by atoms with van der Waals surface area (Å²) in [7, 11) is 0. The fraction of sp³-hybridized carbons (Fsp3) is 0.600. The lowest BCUT2D eigenvalue weighted by molar-refractivity contribution is -0.286. The third-order valence-electron chi connectivity index (χ3n) is 14.7. The van der Waals surface area contributed by atoms with E-state index in [9.17, 15) is 9.59 Å². The summed E-state index contributed by atoms with van der Waals surface area (Å²) in [6, 6.07) is 7.51. The Balaban J connectivity index is 1.74. The van der Waals surface area contributed by atoms with Crippen LogP contribution in [0.5, 0.6) is 34.5 Å². The van der Waals surface area contributed by atoms with E-state index in [4.69, 9.17) is 81.4 Å². The molecule has 94 heavy (non-hydrogen) atoms. The molecule has 0 heterocycles. The summed E-state index contributed by atoms with van der Waals surface area (Å²) in [6.45, 7) is 28.9. The van der Waals surface area contributed by atoms with Crippen LogP contribution in [0.2, 0.25) is 0 Å². The molecule has 0 N–H and O–H groups in total. The van der Waals surface area contributed by atoms with Gasteiger partial charge < -0.3 is 52.1 Å². The van der Waals surface area contributed by atoms with Gasteiger partial charge in [0.15, 0.2) is 23.0 Å². The van der Waals surface area contributed by atoms with Gasteiger partial charge in [-0.3, -0.25) is 0 Å². The Kier molecular flexibility index (Phi) is 51.0. The molecule has 19 nitrogen and oxygen atoms in total. The van der Waals surface area contributed by atoms with Crippen molar-refractivity contribution in [1.82, 2.24) is 0 Å². The van der Waals surface area contributed by atoms with Gasteiger partial charge in [0, 0.05) is 23.3 Å². The molecular weight excluding hydrogens is 1200 g/mol. The minimum atomic E-state index is -0.493. The van der Waals surface area contributed by atoms with E-state index in [2.05, 4.69) is 39.5 Å². The maximum atomic E-state index is 13.6. The molecule has 1 aliphatic carbocycles. The zero-order chi connectivity index (χ0) is 67.3. The lowest BCUT2D eigenvalue weighted by Crippen LogP contribution is -2.29. The molecule has 0 bridgehead atoms. The summed E-state index contributed by atoms with van der Waals surface area (Å²) in [5.41, 5.74) is 1.31. The van der Waals surface area contributed by atoms with Crippen molar-refractivity contribution in [3.63, 3.8) is 0 Å². The molecule has 0 unspecified atom stereocenters. The van der Waals surface area contributed by atoms with Gasteiger partial charge >= 0.3 is 11.9 Å². The minimum absolute atomic E-state index is 0.342. The molecule has 528 valence electrons. The number of hydrogen-bond acceptors (Lipinski definition) is 19. The van der Waals surface area contributed by atoms with Crippen LogP contribution in [0.15, 0.2) is 113 Å². The minimum Gasteiger partial charge on any atom is -0.502 e. The number of esters is 2. The van der Waals surface area contributed by atoms with Gasteiger partial charge in [0.25, 0.3) is 0 Å². The van der Waals surface area contributed by atoms with E-state index in [0.29, 0.717) is 170 Å². The van der Waals surface area contributed by atoms with Crippen LogP contribution in [0.4, 0.5) is 0 Å². The first-order valence-electron chi connectivity index (χ1n) is 34.5. The third-order valence-corrected chi connectivity index (χ3v) is 14.7. The van der Waals surface area contributed by atoms with Gasteiger partial charge in [-0.2, -0.15) is 0 Å². The SMILES string of the molecule is C=CCOOCCCCCCOc1ccc(/C=C/C(=O)OC2CCC(OC(=O)/C=C/c3ccc(OCCCCCCOC=C)c(OCCCCCCOC=C)c3OCCCCCCOOCC=C)CC2)c(OCCCCCCOC=C)c1OCCCCCCOOCC=C. The van der Waals surface area contributed by atoms with Gasteiger partial charge in [-0.05, 0) is 197 Å². The van der Waals surface area contributed by atoms with E-state index in [1.54, 1.807) is 30.4 Å². The molecule has 0 atom stereocenters. The van der Waals surface area contributed by atoms with Gasteiger partial charge in [0.05, 0.1) is 98.1 Å². The van der Waals surface area contributed by atoms with Crippen molar-refractivity contribution in [2.45, 2.75) is 192 Å². The first kappa shape index (κ1) is 81.5. The van der Waals surface area contributed by atoms with E-state index >= 15 is 0 Å². The second kappa shape index (κ2) is 58.8. The molecule has 1 aliphatic rings. The highest BCUT2D eigenvalue weighted by molar-refractivity contribution is 5.89. The van der Waals surface area contributed by atoms with Crippen LogP contribution in [0.1, 0.15) is 191 Å². The van der Waals surface area contributed by atoms with Gasteiger partial charge in [-0.25, -0.2) is 38.9 Å². The van der Waals surface area contributed by atoms with Crippen molar-refractivity contribution < 1.29 is 91.0 Å². The molecule has 0 radical (unpaired) electrons. The monoisotopic (exact) mass is 1320 g/mol. The largest absolute Gasteiger partial charge is 0.502 e. The lowest BCUT2D eigenvalue weighted by atomic mass is 9.95. The third kappa shape index (κ3) is 41.2. The topological polar surface area (TPSA) is 191 Å². The molecule has 1 fully saturated rings. The fourth-order valence-electron chi connectivity index (χ4n) is 9.72. The molecule has 0 aromatic heterocycles. The molecule has 0 amide bonds. The van der Waals surface area contributed by atoms with Crippen LogP contribution in [-0.4, -0.2) is 123 Å². The number of ether oxygens (including phenoxy) is 11. The summed E-state index contributed by atoms with van der Waals surface area (Å²) in [4.78, 5) is 58.0. The molecule has 0 saturated heterocycles. The summed E-state index contributed by atoms with van der Waals surface area (Å²) in [6.07, 6.45) is 38.6. The zero-order valence-electron chi connectivity index (χ0n) is 56.6. The molecule has 0 aliphatic heterocycles. The van der Waals surface area contributed by atoms with Crippen molar-refractivity contribution in [2.75, 3.05) is 99.1 Å². The Morgan fingerprint density at radius 1 is 0.319 bits per heavy atom. The first-order chi connectivity index (χ1) is 46.4. The number of hydrogen-bond donors (Lipinski definition) is 0. The molecule has 19 heteroatoms. The van der Waals surface area contributed by atoms with Crippen molar-refractivity contribution in [3.8, 4) is 34.5 Å². The van der Waals surface area contributed by atoms with Crippen molar-refractivity contribution >= 4 is 24.1 Å². The Labute approximate surface area is 562 Å². The van der Waals surface area contributed by atoms with E-state index < -0.39 is 11.9 Å². The predicted octanol–water partition coefficient (Wildman–Crippen LogP) is 17.3. The second-order valence-electron chi connectivity index (χ2n) is 22.4.